The number of nitrogens with one attached hydrogen (secondary N) is 1. The van der Waals surface area contributed by atoms with Crippen LogP contribution in [0.4, 0.5) is 0 Å². The van der Waals surface area contributed by atoms with Gasteiger partial charge in [-0.1, -0.05) is 403 Å². The molecule has 0 bridgehead atoms. The van der Waals surface area contributed by atoms with Crippen LogP contribution in [0.2, 0.25) is 0 Å². The summed E-state index contributed by atoms with van der Waals surface area (Å²) in [7, 11) is 1.26. The minimum Gasteiger partial charge on any atom is -0.756 e. The SMILES string of the molecule is CCCCCCC/C=C\C/C=C\CCCCCCCCCCCCCCCCCCCCCCCCCCCCCC(=O)NC(COP(=O)([O-])OCC[N+](C)(C)C)C(O)/C=C/CC/C=C/CCCCCCCCCCCCCCCCCCCCCCCCCCC. The highest BCUT2D eigenvalue weighted by molar-refractivity contribution is 7.45. The van der Waals surface area contributed by atoms with Gasteiger partial charge in [-0.2, -0.15) is 0 Å². The highest BCUT2D eigenvalue weighted by Gasteiger charge is 2.23. The Kier molecular flexibility index (Phi) is 72.5. The molecular weight excluding hydrogens is 1150 g/mol. The maximum absolute atomic E-state index is 13.1. The molecule has 1 amide bonds. The third-order valence-corrected chi connectivity index (χ3v) is 20.0. The van der Waals surface area contributed by atoms with Gasteiger partial charge in [-0.15, -0.1) is 0 Å². The van der Waals surface area contributed by atoms with Crippen molar-refractivity contribution >= 4 is 13.7 Å². The van der Waals surface area contributed by atoms with Crippen LogP contribution in [0.15, 0.2) is 48.6 Å². The van der Waals surface area contributed by atoms with Crippen LogP contribution in [-0.2, 0) is 18.4 Å². The molecule has 0 aromatic rings. The molecule has 0 aromatic carbocycles. The third-order valence-electron chi connectivity index (χ3n) is 19.0. The molecule has 0 aromatic heterocycles. The van der Waals surface area contributed by atoms with Crippen LogP contribution in [0.25, 0.3) is 0 Å². The number of carbonyl (C=O) groups is 1. The van der Waals surface area contributed by atoms with Crippen molar-refractivity contribution in [3.63, 3.8) is 0 Å². The van der Waals surface area contributed by atoms with Crippen molar-refractivity contribution in [2.24, 2.45) is 0 Å². The van der Waals surface area contributed by atoms with Crippen LogP contribution in [0.3, 0.4) is 0 Å². The predicted molar refractivity (Wildman–Crippen MR) is 404 cm³/mol. The van der Waals surface area contributed by atoms with E-state index in [9.17, 15) is 19.4 Å². The van der Waals surface area contributed by atoms with Crippen LogP contribution in [0.5, 0.6) is 0 Å². The molecule has 2 N–H and O–H groups in total. The van der Waals surface area contributed by atoms with Crippen LogP contribution in [0, 0.1) is 0 Å². The van der Waals surface area contributed by atoms with E-state index in [-0.39, 0.29) is 19.1 Å². The third kappa shape index (κ3) is 75.8. The van der Waals surface area contributed by atoms with Gasteiger partial charge in [0.25, 0.3) is 7.82 Å². The molecule has 0 aliphatic rings. The maximum atomic E-state index is 13.1. The highest BCUT2D eigenvalue weighted by atomic mass is 31.2. The van der Waals surface area contributed by atoms with Crippen molar-refractivity contribution in [1.82, 2.24) is 5.32 Å². The van der Waals surface area contributed by atoms with E-state index in [0.29, 0.717) is 17.4 Å². The topological polar surface area (TPSA) is 108 Å². The summed E-state index contributed by atoms with van der Waals surface area (Å²) in [5.74, 6) is -0.198. The van der Waals surface area contributed by atoms with Gasteiger partial charge in [-0.3, -0.25) is 9.36 Å². The zero-order valence-corrected chi connectivity index (χ0v) is 63.4. The van der Waals surface area contributed by atoms with E-state index in [2.05, 4.69) is 55.6 Å². The van der Waals surface area contributed by atoms with Crippen molar-refractivity contribution in [2.75, 3.05) is 40.9 Å². The van der Waals surface area contributed by atoms with Gasteiger partial charge in [0.1, 0.15) is 13.2 Å². The summed E-state index contributed by atoms with van der Waals surface area (Å²) in [5, 5.41) is 14.0. The molecule has 544 valence electrons. The Hall–Kier alpha value is -1.54. The normalized spacial score (nSPS) is 13.7. The van der Waals surface area contributed by atoms with Crippen LogP contribution in [0.1, 0.15) is 425 Å². The summed E-state index contributed by atoms with van der Waals surface area (Å²) >= 11 is 0. The van der Waals surface area contributed by atoms with Crippen molar-refractivity contribution < 1.29 is 32.9 Å². The minimum absolute atomic E-state index is 0.00448. The molecule has 0 spiro atoms. The lowest BCUT2D eigenvalue weighted by atomic mass is 10.0. The Bertz CT molecular complexity index is 1640. The van der Waals surface area contributed by atoms with Crippen LogP contribution < -0.4 is 10.2 Å². The first-order valence-corrected chi connectivity index (χ1v) is 42.5. The zero-order valence-electron chi connectivity index (χ0n) is 62.5. The van der Waals surface area contributed by atoms with Crippen molar-refractivity contribution in [3.05, 3.63) is 48.6 Å². The van der Waals surface area contributed by atoms with E-state index in [1.165, 1.54) is 360 Å². The number of nitrogens with zero attached hydrogens (tertiary/aromatic N) is 1. The summed E-state index contributed by atoms with van der Waals surface area (Å²) in [6, 6.07) is -0.905. The molecule has 0 heterocycles. The number of phosphoric acid groups is 1. The highest BCUT2D eigenvalue weighted by Crippen LogP contribution is 2.38. The van der Waals surface area contributed by atoms with E-state index in [1.807, 2.05) is 27.2 Å². The van der Waals surface area contributed by atoms with Crippen molar-refractivity contribution in [1.29, 1.82) is 0 Å². The van der Waals surface area contributed by atoms with E-state index in [1.54, 1.807) is 6.08 Å². The largest absolute Gasteiger partial charge is 0.756 e. The monoisotopic (exact) mass is 1310 g/mol. The van der Waals surface area contributed by atoms with Gasteiger partial charge < -0.3 is 28.8 Å². The number of phosphoric ester groups is 1. The number of likely N-dealkylation sites (N-methyl/N-ethyl adjacent to an activating group) is 1. The lowest BCUT2D eigenvalue weighted by molar-refractivity contribution is -0.870. The van der Waals surface area contributed by atoms with Gasteiger partial charge in [-0.25, -0.2) is 0 Å². The number of aliphatic hydroxyl groups is 1. The standard InChI is InChI=1S/C83H161N2O6P/c1-6-8-10-12-14-16-18-20-22-24-26-28-30-32-34-36-38-39-40-41-42-43-44-45-47-49-51-53-55-57-59-61-63-65-67-69-71-73-75-77-83(87)84-81(80-91-92(88,89)90-79-78-85(3,4)5)82(86)76-74-72-70-68-66-64-62-60-58-56-54-52-50-48-46-37-35-33-31-29-27-25-23-21-19-17-15-13-11-9-7-2/h18,20,24,26,66,68,74,76,81-82,86H,6-17,19,21-23,25,27-65,67,69-73,75,77-80H2,1-5H3,(H-,84,87,88,89)/b20-18-,26-24-,68-66+,76-74+. The molecule has 0 fully saturated rings. The maximum Gasteiger partial charge on any atom is 0.268 e. The fourth-order valence-electron chi connectivity index (χ4n) is 12.7. The number of hydrogen-bond donors (Lipinski definition) is 2. The van der Waals surface area contributed by atoms with Gasteiger partial charge in [0.05, 0.1) is 39.9 Å². The number of carbonyl (C=O) groups excluding carboxylic acids is 1. The van der Waals surface area contributed by atoms with Crippen molar-refractivity contribution in [3.8, 4) is 0 Å². The van der Waals surface area contributed by atoms with Gasteiger partial charge >= 0.3 is 0 Å². The first-order chi connectivity index (χ1) is 45.0. The van der Waals surface area contributed by atoms with Gasteiger partial charge in [0.2, 0.25) is 5.91 Å². The van der Waals surface area contributed by atoms with E-state index in [4.69, 9.17) is 9.05 Å². The molecule has 0 radical (unpaired) electrons. The number of rotatable bonds is 77. The Morgan fingerprint density at radius 1 is 0.380 bits per heavy atom. The quantitative estimate of drug-likeness (QED) is 0.0272. The molecule has 0 saturated heterocycles. The lowest BCUT2D eigenvalue weighted by Crippen LogP contribution is -2.45. The molecule has 3 unspecified atom stereocenters. The molecule has 9 heteroatoms. The molecule has 0 rings (SSSR count). The molecule has 0 aliphatic heterocycles. The van der Waals surface area contributed by atoms with Crippen LogP contribution >= 0.6 is 7.82 Å². The Labute approximate surface area is 575 Å². The lowest BCUT2D eigenvalue weighted by Gasteiger charge is -2.29. The minimum atomic E-state index is -4.62. The zero-order chi connectivity index (χ0) is 66.9. The number of aliphatic hydroxyl groups excluding tert-OH is 1. The smallest absolute Gasteiger partial charge is 0.268 e. The van der Waals surface area contributed by atoms with Gasteiger partial charge in [0, 0.05) is 6.42 Å². The average molecular weight is 1310 g/mol. The number of amides is 1. The van der Waals surface area contributed by atoms with Gasteiger partial charge in [0.15, 0.2) is 0 Å². The Morgan fingerprint density at radius 2 is 0.641 bits per heavy atom. The fourth-order valence-corrected chi connectivity index (χ4v) is 13.4. The number of quaternary nitrogens is 1. The molecule has 0 saturated carbocycles. The second-order valence-corrected chi connectivity index (χ2v) is 30.9. The number of hydrogen-bond acceptors (Lipinski definition) is 6. The summed E-state index contributed by atoms with van der Waals surface area (Å²) in [6.07, 6.45) is 102. The Balaban J connectivity index is 3.95. The summed E-state index contributed by atoms with van der Waals surface area (Å²) in [5.41, 5.74) is 0. The number of unbranched alkanes of at least 4 members (excludes halogenated alkanes) is 58. The van der Waals surface area contributed by atoms with E-state index < -0.39 is 20.0 Å². The first-order valence-electron chi connectivity index (χ1n) is 41.0. The van der Waals surface area contributed by atoms with Crippen molar-refractivity contribution in [2.45, 2.75) is 437 Å². The van der Waals surface area contributed by atoms with E-state index in [0.717, 1.165) is 44.9 Å². The molecule has 3 atom stereocenters. The molecule has 8 nitrogen and oxygen atoms in total. The Morgan fingerprint density at radius 3 is 0.946 bits per heavy atom. The summed E-state index contributed by atoms with van der Waals surface area (Å²) < 4.78 is 23.5. The molecular formula is C83H161N2O6P. The second kappa shape index (κ2) is 73.7. The molecule has 0 aliphatic carbocycles. The fraction of sp³-hybridized carbons (Fsp3) is 0.892. The first kappa shape index (κ1) is 90.5. The average Bonchev–Trinajstić information content (AvgIpc) is 2.63. The molecule has 92 heavy (non-hydrogen) atoms. The summed E-state index contributed by atoms with van der Waals surface area (Å²) in [4.78, 5) is 25.7. The summed E-state index contributed by atoms with van der Waals surface area (Å²) in [6.45, 7) is 4.68. The van der Waals surface area contributed by atoms with Crippen LogP contribution in [-0.4, -0.2) is 68.5 Å². The van der Waals surface area contributed by atoms with Gasteiger partial charge in [-0.05, 0) is 64.2 Å². The number of allylic oxidation sites excluding steroid dienone is 7. The van der Waals surface area contributed by atoms with E-state index >= 15 is 0 Å². The second-order valence-electron chi connectivity index (χ2n) is 29.5. The predicted octanol–water partition coefficient (Wildman–Crippen LogP) is 26.3.